The average molecular weight is 331 g/mol. The van der Waals surface area contributed by atoms with Gasteiger partial charge in [-0.15, -0.1) is 0 Å². The molecule has 23 heavy (non-hydrogen) atoms. The van der Waals surface area contributed by atoms with Crippen LogP contribution in [0.4, 0.5) is 0 Å². The summed E-state index contributed by atoms with van der Waals surface area (Å²) in [6.45, 7) is 2.99. The SMILES string of the molecule is CCCCc1ccc(CN(Cc2ccccc2)S(C)(=O)=O)cc1. The lowest BCUT2D eigenvalue weighted by Crippen LogP contribution is -2.29. The van der Waals surface area contributed by atoms with Crippen molar-refractivity contribution in [3.05, 3.63) is 71.3 Å². The van der Waals surface area contributed by atoms with Gasteiger partial charge >= 0.3 is 0 Å². The second-order valence-electron chi connectivity index (χ2n) is 5.94. The second kappa shape index (κ2) is 8.27. The van der Waals surface area contributed by atoms with Gasteiger partial charge in [-0.1, -0.05) is 67.9 Å². The summed E-state index contributed by atoms with van der Waals surface area (Å²) >= 11 is 0. The average Bonchev–Trinajstić information content (AvgIpc) is 2.54. The zero-order valence-corrected chi connectivity index (χ0v) is 14.7. The molecule has 0 saturated carbocycles. The summed E-state index contributed by atoms with van der Waals surface area (Å²) in [6.07, 6.45) is 4.71. The van der Waals surface area contributed by atoms with Gasteiger partial charge in [0, 0.05) is 13.1 Å². The van der Waals surface area contributed by atoms with Crippen LogP contribution in [0.5, 0.6) is 0 Å². The van der Waals surface area contributed by atoms with Crippen molar-refractivity contribution in [3.63, 3.8) is 0 Å². The first-order valence-corrected chi connectivity index (χ1v) is 9.90. The Balaban J connectivity index is 2.09. The van der Waals surface area contributed by atoms with Crippen LogP contribution in [0.25, 0.3) is 0 Å². The van der Waals surface area contributed by atoms with Gasteiger partial charge < -0.3 is 0 Å². The third kappa shape index (κ3) is 5.81. The molecule has 0 unspecified atom stereocenters. The van der Waals surface area contributed by atoms with E-state index < -0.39 is 10.0 Å². The standard InChI is InChI=1S/C19H25NO2S/c1-3-4-8-17-11-13-19(14-12-17)16-20(23(2,21)22)15-18-9-6-5-7-10-18/h5-7,9-14H,3-4,8,15-16H2,1-2H3. The molecule has 0 atom stereocenters. The van der Waals surface area contributed by atoms with Gasteiger partial charge in [0.15, 0.2) is 0 Å². The fraction of sp³-hybridized carbons (Fsp3) is 0.368. The Hall–Kier alpha value is -1.65. The van der Waals surface area contributed by atoms with E-state index >= 15 is 0 Å². The van der Waals surface area contributed by atoms with Gasteiger partial charge in [0.25, 0.3) is 0 Å². The van der Waals surface area contributed by atoms with E-state index in [2.05, 4.69) is 19.1 Å². The van der Waals surface area contributed by atoms with Crippen molar-refractivity contribution in [2.45, 2.75) is 39.3 Å². The van der Waals surface area contributed by atoms with Gasteiger partial charge in [-0.2, -0.15) is 4.31 Å². The first-order valence-electron chi connectivity index (χ1n) is 8.06. The number of hydrogen-bond acceptors (Lipinski definition) is 2. The Bertz CT molecular complexity index is 694. The fourth-order valence-electron chi connectivity index (χ4n) is 2.47. The molecule has 3 nitrogen and oxygen atoms in total. The van der Waals surface area contributed by atoms with Crippen LogP contribution in [0.3, 0.4) is 0 Å². The molecule has 124 valence electrons. The quantitative estimate of drug-likeness (QED) is 0.733. The van der Waals surface area contributed by atoms with Gasteiger partial charge in [0.1, 0.15) is 0 Å². The molecule has 0 spiro atoms. The number of nitrogens with zero attached hydrogens (tertiary/aromatic N) is 1. The van der Waals surface area contributed by atoms with Crippen LogP contribution in [0.2, 0.25) is 0 Å². The van der Waals surface area contributed by atoms with Crippen LogP contribution in [-0.4, -0.2) is 19.0 Å². The van der Waals surface area contributed by atoms with Crippen molar-refractivity contribution in [3.8, 4) is 0 Å². The number of unbranched alkanes of at least 4 members (excludes halogenated alkanes) is 1. The van der Waals surface area contributed by atoms with Crippen LogP contribution < -0.4 is 0 Å². The summed E-state index contributed by atoms with van der Waals surface area (Å²) in [4.78, 5) is 0. The predicted octanol–water partition coefficient (Wildman–Crippen LogP) is 3.99. The highest BCUT2D eigenvalue weighted by Gasteiger charge is 2.17. The van der Waals surface area contributed by atoms with Crippen molar-refractivity contribution in [2.24, 2.45) is 0 Å². The highest BCUT2D eigenvalue weighted by Crippen LogP contribution is 2.15. The summed E-state index contributed by atoms with van der Waals surface area (Å²) in [6, 6.07) is 18.0. The van der Waals surface area contributed by atoms with E-state index in [4.69, 9.17) is 0 Å². The normalized spacial score (nSPS) is 11.8. The molecule has 0 aliphatic heterocycles. The molecule has 0 amide bonds. The van der Waals surface area contributed by atoms with Crippen molar-refractivity contribution >= 4 is 10.0 Å². The van der Waals surface area contributed by atoms with Gasteiger partial charge in [0.05, 0.1) is 6.26 Å². The number of rotatable bonds is 8. The molecule has 4 heteroatoms. The topological polar surface area (TPSA) is 37.4 Å². The van der Waals surface area contributed by atoms with Crippen LogP contribution in [-0.2, 0) is 29.5 Å². The molecule has 0 aliphatic rings. The number of hydrogen-bond donors (Lipinski definition) is 0. The van der Waals surface area contributed by atoms with Gasteiger partial charge in [-0.05, 0) is 29.5 Å². The lowest BCUT2D eigenvalue weighted by atomic mass is 10.1. The zero-order valence-electron chi connectivity index (χ0n) is 13.9. The molecule has 0 bridgehead atoms. The molecule has 2 aromatic carbocycles. The van der Waals surface area contributed by atoms with Gasteiger partial charge in [-0.3, -0.25) is 0 Å². The van der Waals surface area contributed by atoms with Crippen LogP contribution in [0.15, 0.2) is 54.6 Å². The summed E-state index contributed by atoms with van der Waals surface area (Å²) in [5, 5.41) is 0. The van der Waals surface area contributed by atoms with Gasteiger partial charge in [-0.25, -0.2) is 8.42 Å². The minimum atomic E-state index is -3.25. The number of benzene rings is 2. The summed E-state index contributed by atoms with van der Waals surface area (Å²) in [5.74, 6) is 0. The molecule has 0 radical (unpaired) electrons. The first-order chi connectivity index (χ1) is 11.0. The summed E-state index contributed by atoms with van der Waals surface area (Å²) < 4.78 is 25.7. The molecule has 0 heterocycles. The molecule has 0 saturated heterocycles. The van der Waals surface area contributed by atoms with Crippen molar-refractivity contribution in [1.82, 2.24) is 4.31 Å². The van der Waals surface area contributed by atoms with Crippen molar-refractivity contribution in [2.75, 3.05) is 6.26 Å². The van der Waals surface area contributed by atoms with Gasteiger partial charge in [0.2, 0.25) is 10.0 Å². The van der Waals surface area contributed by atoms with E-state index in [9.17, 15) is 8.42 Å². The molecule has 0 N–H and O–H groups in total. The van der Waals surface area contributed by atoms with E-state index in [0.717, 1.165) is 17.5 Å². The lowest BCUT2D eigenvalue weighted by Gasteiger charge is -2.20. The molecule has 0 aliphatic carbocycles. The van der Waals surface area contributed by atoms with E-state index in [1.54, 1.807) is 0 Å². The summed E-state index contributed by atoms with van der Waals surface area (Å²) in [5.41, 5.74) is 3.33. The predicted molar refractivity (Wildman–Crippen MR) is 95.6 cm³/mol. The minimum absolute atomic E-state index is 0.400. The third-order valence-corrected chi connectivity index (χ3v) is 5.07. The maximum Gasteiger partial charge on any atom is 0.211 e. The Kier molecular flexibility index (Phi) is 6.37. The number of sulfonamides is 1. The monoisotopic (exact) mass is 331 g/mol. The summed E-state index contributed by atoms with van der Waals surface area (Å²) in [7, 11) is -3.25. The smallest absolute Gasteiger partial charge is 0.211 e. The van der Waals surface area contributed by atoms with E-state index in [1.807, 2.05) is 42.5 Å². The van der Waals surface area contributed by atoms with E-state index in [0.29, 0.717) is 13.1 Å². The molecule has 0 fully saturated rings. The molecule has 0 aromatic heterocycles. The molecular formula is C19H25NO2S. The minimum Gasteiger partial charge on any atom is -0.212 e. The fourth-order valence-corrected chi connectivity index (χ4v) is 3.24. The largest absolute Gasteiger partial charge is 0.212 e. The van der Waals surface area contributed by atoms with E-state index in [-0.39, 0.29) is 0 Å². The number of aryl methyl sites for hydroxylation is 1. The molecule has 2 rings (SSSR count). The van der Waals surface area contributed by atoms with Crippen molar-refractivity contribution in [1.29, 1.82) is 0 Å². The van der Waals surface area contributed by atoms with Crippen LogP contribution in [0, 0.1) is 0 Å². The van der Waals surface area contributed by atoms with Crippen molar-refractivity contribution < 1.29 is 8.42 Å². The Morgan fingerprint density at radius 3 is 1.87 bits per heavy atom. The maximum absolute atomic E-state index is 12.1. The Morgan fingerprint density at radius 2 is 1.35 bits per heavy atom. The highest BCUT2D eigenvalue weighted by molar-refractivity contribution is 7.88. The zero-order chi connectivity index (χ0) is 16.7. The van der Waals surface area contributed by atoms with Crippen LogP contribution in [0.1, 0.15) is 36.5 Å². The Morgan fingerprint density at radius 1 is 0.826 bits per heavy atom. The first kappa shape index (κ1) is 17.7. The lowest BCUT2D eigenvalue weighted by molar-refractivity contribution is 0.405. The third-order valence-electron chi connectivity index (χ3n) is 3.87. The molecule has 2 aromatic rings. The van der Waals surface area contributed by atoms with E-state index in [1.165, 1.54) is 29.0 Å². The van der Waals surface area contributed by atoms with Crippen LogP contribution >= 0.6 is 0 Å². The highest BCUT2D eigenvalue weighted by atomic mass is 32.2. The second-order valence-corrected chi connectivity index (χ2v) is 7.92. The Labute approximate surface area is 140 Å². The maximum atomic E-state index is 12.1. The molecular weight excluding hydrogens is 306 g/mol.